The number of rotatable bonds is 13. The molecule has 0 amide bonds. The highest BCUT2D eigenvalue weighted by Gasteiger charge is 2.15. The molecule has 132 valence electrons. The first-order valence-corrected chi connectivity index (χ1v) is 11.1. The van der Waals surface area contributed by atoms with Crippen LogP contribution in [0.4, 0.5) is 0 Å². The van der Waals surface area contributed by atoms with E-state index in [1.165, 1.54) is 51.4 Å². The lowest BCUT2D eigenvalue weighted by Crippen LogP contribution is -2.25. The van der Waals surface area contributed by atoms with Crippen molar-refractivity contribution < 1.29 is 8.42 Å². The fourth-order valence-corrected chi connectivity index (χ4v) is 4.63. The first-order valence-electron chi connectivity index (χ1n) is 8.82. The Morgan fingerprint density at radius 1 is 0.870 bits per heavy atom. The number of sulfonamides is 1. The van der Waals surface area contributed by atoms with Gasteiger partial charge in [0.2, 0.25) is 10.0 Å². The first kappa shape index (κ1) is 20.7. The number of benzene rings is 1. The highest BCUT2D eigenvalue weighted by Crippen LogP contribution is 2.20. The van der Waals surface area contributed by atoms with E-state index >= 15 is 0 Å². The lowest BCUT2D eigenvalue weighted by Gasteiger charge is -2.08. The molecular formula is C18H30BrNO2S. The molecule has 0 saturated heterocycles. The van der Waals surface area contributed by atoms with Gasteiger partial charge in [0.25, 0.3) is 0 Å². The molecular weight excluding hydrogens is 374 g/mol. The molecule has 0 unspecified atom stereocenters. The Hall–Kier alpha value is -0.390. The second kappa shape index (κ2) is 12.0. The Labute approximate surface area is 150 Å². The molecule has 1 aromatic carbocycles. The van der Waals surface area contributed by atoms with Gasteiger partial charge in [-0.15, -0.1) is 0 Å². The number of hydrogen-bond acceptors (Lipinski definition) is 2. The van der Waals surface area contributed by atoms with E-state index in [4.69, 9.17) is 0 Å². The average molecular weight is 404 g/mol. The van der Waals surface area contributed by atoms with Gasteiger partial charge < -0.3 is 0 Å². The molecule has 0 aliphatic rings. The van der Waals surface area contributed by atoms with Crippen LogP contribution in [0.3, 0.4) is 0 Å². The molecule has 0 bridgehead atoms. The van der Waals surface area contributed by atoms with Crippen molar-refractivity contribution in [2.45, 2.75) is 76.0 Å². The summed E-state index contributed by atoms with van der Waals surface area (Å²) in [6.07, 6.45) is 12.5. The maximum Gasteiger partial charge on any atom is 0.241 e. The third kappa shape index (κ3) is 8.87. The Morgan fingerprint density at radius 2 is 1.39 bits per heavy atom. The second-order valence-electron chi connectivity index (χ2n) is 6.01. The van der Waals surface area contributed by atoms with E-state index in [0.29, 0.717) is 15.9 Å². The summed E-state index contributed by atoms with van der Waals surface area (Å²) in [5, 5.41) is 0. The number of hydrogen-bond donors (Lipinski definition) is 1. The summed E-state index contributed by atoms with van der Waals surface area (Å²) in [6, 6.07) is 6.91. The maximum absolute atomic E-state index is 12.2. The number of unbranched alkanes of at least 4 members (excludes halogenated alkanes) is 9. The van der Waals surface area contributed by atoms with Crippen molar-refractivity contribution in [1.29, 1.82) is 0 Å². The third-order valence-corrected chi connectivity index (χ3v) is 6.42. The normalized spacial score (nSPS) is 11.7. The molecule has 0 aromatic heterocycles. The minimum absolute atomic E-state index is 0.312. The third-order valence-electron chi connectivity index (χ3n) is 3.95. The Balaban J connectivity index is 2.08. The Morgan fingerprint density at radius 3 is 1.96 bits per heavy atom. The molecule has 5 heteroatoms. The quantitative estimate of drug-likeness (QED) is 0.432. The fraction of sp³-hybridized carbons (Fsp3) is 0.667. The molecule has 23 heavy (non-hydrogen) atoms. The minimum Gasteiger partial charge on any atom is -0.211 e. The SMILES string of the molecule is CCCCCCCCCCCCNS(=O)(=O)c1ccccc1Br. The molecule has 3 nitrogen and oxygen atoms in total. The molecule has 0 fully saturated rings. The molecule has 0 aliphatic heterocycles. The van der Waals surface area contributed by atoms with Crippen LogP contribution in [0.25, 0.3) is 0 Å². The first-order chi connectivity index (χ1) is 11.1. The lowest BCUT2D eigenvalue weighted by atomic mass is 10.1. The summed E-state index contributed by atoms with van der Waals surface area (Å²) in [7, 11) is -3.40. The fourth-order valence-electron chi connectivity index (χ4n) is 2.56. The predicted molar refractivity (Wildman–Crippen MR) is 101 cm³/mol. The van der Waals surface area contributed by atoms with Crippen LogP contribution in [0.15, 0.2) is 33.6 Å². The van der Waals surface area contributed by atoms with Crippen molar-refractivity contribution in [2.75, 3.05) is 6.54 Å². The van der Waals surface area contributed by atoms with Gasteiger partial charge >= 0.3 is 0 Å². The largest absolute Gasteiger partial charge is 0.241 e. The van der Waals surface area contributed by atoms with Crippen molar-refractivity contribution >= 4 is 26.0 Å². The van der Waals surface area contributed by atoms with Gasteiger partial charge in [-0.1, -0.05) is 76.8 Å². The lowest BCUT2D eigenvalue weighted by molar-refractivity contribution is 0.549. The van der Waals surface area contributed by atoms with Gasteiger partial charge in [0.1, 0.15) is 0 Å². The smallest absolute Gasteiger partial charge is 0.211 e. The summed E-state index contributed by atoms with van der Waals surface area (Å²) in [4.78, 5) is 0.312. The van der Waals surface area contributed by atoms with Gasteiger partial charge in [0.05, 0.1) is 4.90 Å². The van der Waals surface area contributed by atoms with E-state index < -0.39 is 10.0 Å². The summed E-state index contributed by atoms with van der Waals surface area (Å²) in [5.41, 5.74) is 0. The molecule has 0 radical (unpaired) electrons. The van der Waals surface area contributed by atoms with Crippen LogP contribution in [0.5, 0.6) is 0 Å². The van der Waals surface area contributed by atoms with Crippen molar-refractivity contribution in [2.24, 2.45) is 0 Å². The van der Waals surface area contributed by atoms with Crippen LogP contribution >= 0.6 is 15.9 Å². The van der Waals surface area contributed by atoms with E-state index in [9.17, 15) is 8.42 Å². The predicted octanol–water partition coefficient (Wildman–Crippen LogP) is 5.65. The zero-order chi connectivity index (χ0) is 17.0. The van der Waals surface area contributed by atoms with E-state index in [0.717, 1.165) is 12.8 Å². The van der Waals surface area contributed by atoms with Gasteiger partial charge in [-0.2, -0.15) is 0 Å². The van der Waals surface area contributed by atoms with Crippen molar-refractivity contribution in [3.63, 3.8) is 0 Å². The van der Waals surface area contributed by atoms with Crippen LogP contribution in [-0.4, -0.2) is 15.0 Å². The highest BCUT2D eigenvalue weighted by atomic mass is 79.9. The van der Waals surface area contributed by atoms with Crippen LogP contribution < -0.4 is 4.72 Å². The van der Waals surface area contributed by atoms with E-state index in [2.05, 4.69) is 27.6 Å². The average Bonchev–Trinajstić information content (AvgIpc) is 2.53. The summed E-state index contributed by atoms with van der Waals surface area (Å²) < 4.78 is 27.6. The maximum atomic E-state index is 12.2. The summed E-state index contributed by atoms with van der Waals surface area (Å²) >= 11 is 3.29. The molecule has 0 atom stereocenters. The van der Waals surface area contributed by atoms with Gasteiger partial charge in [-0.25, -0.2) is 13.1 Å². The number of halogens is 1. The topological polar surface area (TPSA) is 46.2 Å². The van der Waals surface area contributed by atoms with Gasteiger partial charge in [0.15, 0.2) is 0 Å². The van der Waals surface area contributed by atoms with Crippen molar-refractivity contribution in [1.82, 2.24) is 4.72 Å². The molecule has 1 aromatic rings. The molecule has 0 spiro atoms. The number of nitrogens with one attached hydrogen (secondary N) is 1. The van der Waals surface area contributed by atoms with E-state index in [1.807, 2.05) is 6.07 Å². The van der Waals surface area contributed by atoms with Crippen LogP contribution in [-0.2, 0) is 10.0 Å². The van der Waals surface area contributed by atoms with Crippen molar-refractivity contribution in [3.05, 3.63) is 28.7 Å². The van der Waals surface area contributed by atoms with Gasteiger partial charge in [-0.05, 0) is 34.5 Å². The standard InChI is InChI=1S/C18H30BrNO2S/c1-2-3-4-5-6-7-8-9-10-13-16-20-23(21,22)18-15-12-11-14-17(18)19/h11-12,14-15,20H,2-10,13,16H2,1H3. The summed E-state index contributed by atoms with van der Waals surface area (Å²) in [6.45, 7) is 2.75. The molecule has 1 N–H and O–H groups in total. The Kier molecular flexibility index (Phi) is 10.8. The Bertz CT molecular complexity index is 532. The molecule has 0 saturated carbocycles. The van der Waals surface area contributed by atoms with Gasteiger partial charge in [0, 0.05) is 11.0 Å². The van der Waals surface area contributed by atoms with Gasteiger partial charge in [-0.3, -0.25) is 0 Å². The van der Waals surface area contributed by atoms with Crippen molar-refractivity contribution in [3.8, 4) is 0 Å². The summed E-state index contributed by atoms with van der Waals surface area (Å²) in [5.74, 6) is 0. The molecule has 1 rings (SSSR count). The minimum atomic E-state index is -3.40. The van der Waals surface area contributed by atoms with Crippen LogP contribution in [0, 0.1) is 0 Å². The molecule has 0 aliphatic carbocycles. The van der Waals surface area contributed by atoms with Crippen LogP contribution in [0.1, 0.15) is 71.1 Å². The second-order valence-corrected chi connectivity index (χ2v) is 8.60. The highest BCUT2D eigenvalue weighted by molar-refractivity contribution is 9.10. The monoisotopic (exact) mass is 403 g/mol. The van der Waals surface area contributed by atoms with E-state index in [-0.39, 0.29) is 0 Å². The zero-order valence-electron chi connectivity index (χ0n) is 14.2. The zero-order valence-corrected chi connectivity index (χ0v) is 16.6. The molecule has 0 heterocycles. The van der Waals surface area contributed by atoms with Crippen LogP contribution in [0.2, 0.25) is 0 Å². The van der Waals surface area contributed by atoms with E-state index in [1.54, 1.807) is 18.2 Å².